The molecule has 1 amide bonds. The van der Waals surface area contributed by atoms with Crippen molar-refractivity contribution in [1.29, 1.82) is 0 Å². The second-order valence-corrected chi connectivity index (χ2v) is 10.5. The van der Waals surface area contributed by atoms with Gasteiger partial charge in [-0.2, -0.15) is 0 Å². The van der Waals surface area contributed by atoms with E-state index in [9.17, 15) is 4.79 Å². The van der Waals surface area contributed by atoms with Crippen LogP contribution >= 0.6 is 11.8 Å². The molecule has 2 aromatic rings. The van der Waals surface area contributed by atoms with Crippen molar-refractivity contribution in [3.8, 4) is 0 Å². The lowest BCUT2D eigenvalue weighted by Crippen LogP contribution is -2.44. The molecular weight excluding hydrogens is 454 g/mol. The highest BCUT2D eigenvalue weighted by Crippen LogP contribution is 2.41. The van der Waals surface area contributed by atoms with Crippen LogP contribution in [0.1, 0.15) is 51.3 Å². The summed E-state index contributed by atoms with van der Waals surface area (Å²) in [5.41, 5.74) is 6.77. The fourth-order valence-corrected chi connectivity index (χ4v) is 5.84. The lowest BCUT2D eigenvalue weighted by atomic mass is 9.87. The largest absolute Gasteiger partial charge is 0.380 e. The number of amides is 1. The topological polar surface area (TPSA) is 45.1 Å². The number of rotatable bonds is 7. The van der Waals surface area contributed by atoms with Crippen molar-refractivity contribution < 1.29 is 9.53 Å². The van der Waals surface area contributed by atoms with E-state index < -0.39 is 0 Å². The molecule has 0 bridgehead atoms. The summed E-state index contributed by atoms with van der Waals surface area (Å²) in [5, 5.41) is 0.692. The predicted octanol–water partition coefficient (Wildman–Crippen LogP) is 6.66. The van der Waals surface area contributed by atoms with Crippen LogP contribution in [0.2, 0.25) is 0 Å². The van der Waals surface area contributed by atoms with Crippen molar-refractivity contribution in [3.63, 3.8) is 0 Å². The zero-order valence-electron chi connectivity index (χ0n) is 21.6. The number of amidine groups is 1. The van der Waals surface area contributed by atoms with E-state index in [0.717, 1.165) is 23.4 Å². The number of carbonyl (C=O) groups is 1. The van der Waals surface area contributed by atoms with Crippen molar-refractivity contribution in [2.75, 3.05) is 31.2 Å². The van der Waals surface area contributed by atoms with Crippen molar-refractivity contribution >= 4 is 45.9 Å². The number of para-hydroxylation sites is 1. The van der Waals surface area contributed by atoms with Gasteiger partial charge in [0, 0.05) is 24.4 Å². The summed E-state index contributed by atoms with van der Waals surface area (Å²) in [5.74, 6) is -0.0231. The molecule has 0 N–H and O–H groups in total. The van der Waals surface area contributed by atoms with Crippen LogP contribution in [0.25, 0.3) is 11.6 Å². The molecule has 0 radical (unpaired) electrons. The number of hydrogen-bond donors (Lipinski definition) is 0. The molecule has 2 aliphatic heterocycles. The molecule has 184 valence electrons. The number of nitrogens with zero attached hydrogens (tertiary/aromatic N) is 3. The number of aryl methyl sites for hydroxylation is 1. The van der Waals surface area contributed by atoms with Gasteiger partial charge < -0.3 is 9.64 Å². The maximum atomic E-state index is 13.4. The highest BCUT2D eigenvalue weighted by Gasteiger charge is 2.34. The Morgan fingerprint density at radius 3 is 2.54 bits per heavy atom. The van der Waals surface area contributed by atoms with Crippen LogP contribution < -0.4 is 4.90 Å². The van der Waals surface area contributed by atoms with E-state index in [-0.39, 0.29) is 11.4 Å². The maximum absolute atomic E-state index is 13.4. The molecule has 5 nitrogen and oxygen atoms in total. The van der Waals surface area contributed by atoms with E-state index >= 15 is 0 Å². The molecule has 35 heavy (non-hydrogen) atoms. The highest BCUT2D eigenvalue weighted by molar-refractivity contribution is 8.18. The molecule has 0 spiro atoms. The fraction of sp³-hybridized carbons (Fsp3) is 0.379. The number of allylic oxidation sites excluding steroid dienone is 1. The zero-order chi connectivity index (χ0) is 25.2. The normalized spacial score (nSPS) is 19.5. The van der Waals surface area contributed by atoms with Crippen LogP contribution in [0, 0.1) is 6.92 Å². The molecule has 4 rings (SSSR count). The van der Waals surface area contributed by atoms with Gasteiger partial charge in [-0.05, 0) is 100 Å². The van der Waals surface area contributed by atoms with Gasteiger partial charge in [-0.3, -0.25) is 9.69 Å². The lowest BCUT2D eigenvalue weighted by molar-refractivity contribution is -0.122. The average Bonchev–Trinajstić information content (AvgIpc) is 3.09. The molecular formula is C29H35N3O2S. The number of hydrogen-bond acceptors (Lipinski definition) is 5. The molecule has 0 aromatic heterocycles. The Morgan fingerprint density at radius 1 is 1.11 bits per heavy atom. The van der Waals surface area contributed by atoms with E-state index in [2.05, 4.69) is 57.7 Å². The molecule has 2 aliphatic rings. The number of ether oxygens (including phenoxy) is 1. The highest BCUT2D eigenvalue weighted by atomic mass is 32.2. The van der Waals surface area contributed by atoms with Gasteiger partial charge in [-0.15, -0.1) is 0 Å². The Labute approximate surface area is 213 Å². The van der Waals surface area contributed by atoms with Crippen LogP contribution in [-0.4, -0.2) is 47.8 Å². The summed E-state index contributed by atoms with van der Waals surface area (Å²) in [7, 11) is 0. The second kappa shape index (κ2) is 10.4. The van der Waals surface area contributed by atoms with E-state index in [1.165, 1.54) is 28.6 Å². The lowest BCUT2D eigenvalue weighted by Gasteiger charge is -2.43. The SMILES string of the molecule is CCOCCN1C(=O)/C(=C\c2cc3c(cc2C)N(CC)C(C)(C)C=C3C)SC1=Nc1ccccc1. The number of benzene rings is 2. The van der Waals surface area contributed by atoms with Gasteiger partial charge >= 0.3 is 0 Å². The first-order valence-electron chi connectivity index (χ1n) is 12.3. The summed E-state index contributed by atoms with van der Waals surface area (Å²) in [6.07, 6.45) is 4.35. The molecule has 0 aliphatic carbocycles. The Bertz CT molecular complexity index is 1200. The van der Waals surface area contributed by atoms with E-state index in [0.29, 0.717) is 29.8 Å². The minimum absolute atomic E-state index is 0.0231. The van der Waals surface area contributed by atoms with Crippen molar-refractivity contribution in [3.05, 3.63) is 70.1 Å². The summed E-state index contributed by atoms with van der Waals surface area (Å²) in [6.45, 7) is 15.5. The monoisotopic (exact) mass is 489 g/mol. The predicted molar refractivity (Wildman–Crippen MR) is 149 cm³/mol. The molecule has 6 heteroatoms. The number of anilines is 1. The van der Waals surface area contributed by atoms with Crippen LogP contribution in [-0.2, 0) is 9.53 Å². The van der Waals surface area contributed by atoms with Gasteiger partial charge in [-0.1, -0.05) is 24.3 Å². The van der Waals surface area contributed by atoms with Gasteiger partial charge in [0.2, 0.25) is 0 Å². The fourth-order valence-electron chi connectivity index (χ4n) is 4.82. The van der Waals surface area contributed by atoms with Crippen molar-refractivity contribution in [2.45, 2.75) is 47.1 Å². The third-order valence-corrected chi connectivity index (χ3v) is 7.51. The van der Waals surface area contributed by atoms with Crippen LogP contribution in [0.3, 0.4) is 0 Å². The number of carbonyl (C=O) groups excluding carboxylic acids is 1. The van der Waals surface area contributed by atoms with Crippen molar-refractivity contribution in [1.82, 2.24) is 4.90 Å². The standard InChI is InChI=1S/C29H35N3O2S/c1-7-32-25-16-20(3)22(17-24(25)21(4)19-29(32,5)6)18-26-27(33)31(14-15-34-8-2)28(35-26)30-23-12-10-9-11-13-23/h9-13,16-19H,7-8,14-15H2,1-6H3/b26-18+,30-28?. The first-order valence-corrected chi connectivity index (χ1v) is 13.1. The molecule has 1 fully saturated rings. The third kappa shape index (κ3) is 5.24. The van der Waals surface area contributed by atoms with Gasteiger partial charge in [0.25, 0.3) is 5.91 Å². The van der Waals surface area contributed by atoms with Gasteiger partial charge in [0.1, 0.15) is 0 Å². The number of fused-ring (bicyclic) bond motifs is 1. The van der Waals surface area contributed by atoms with Gasteiger partial charge in [0.05, 0.1) is 29.3 Å². The minimum Gasteiger partial charge on any atom is -0.380 e. The molecule has 2 heterocycles. The van der Waals surface area contributed by atoms with Gasteiger partial charge in [-0.25, -0.2) is 4.99 Å². The summed E-state index contributed by atoms with van der Waals surface area (Å²) < 4.78 is 5.54. The van der Waals surface area contributed by atoms with Crippen LogP contribution in [0.4, 0.5) is 11.4 Å². The zero-order valence-corrected chi connectivity index (χ0v) is 22.4. The third-order valence-electron chi connectivity index (χ3n) is 6.50. The van der Waals surface area contributed by atoms with Crippen molar-refractivity contribution in [2.24, 2.45) is 4.99 Å². The maximum Gasteiger partial charge on any atom is 0.266 e. The molecule has 0 unspecified atom stereocenters. The van der Waals surface area contributed by atoms with E-state index in [1.807, 2.05) is 43.3 Å². The summed E-state index contributed by atoms with van der Waals surface area (Å²) in [6, 6.07) is 14.3. The van der Waals surface area contributed by atoms with E-state index in [1.54, 1.807) is 4.90 Å². The molecule has 0 saturated carbocycles. The quantitative estimate of drug-likeness (QED) is 0.322. The first kappa shape index (κ1) is 25.3. The Hall–Kier alpha value is -2.83. The minimum atomic E-state index is -0.0284. The average molecular weight is 490 g/mol. The Balaban J connectivity index is 1.72. The summed E-state index contributed by atoms with van der Waals surface area (Å²) >= 11 is 1.43. The van der Waals surface area contributed by atoms with Crippen LogP contribution in [0.15, 0.2) is 58.4 Å². The van der Waals surface area contributed by atoms with Gasteiger partial charge in [0.15, 0.2) is 5.17 Å². The second-order valence-electron chi connectivity index (χ2n) is 9.45. The van der Waals surface area contributed by atoms with E-state index in [4.69, 9.17) is 9.73 Å². The Kier molecular flexibility index (Phi) is 7.53. The molecule has 2 aromatic carbocycles. The van der Waals surface area contributed by atoms with Crippen LogP contribution in [0.5, 0.6) is 0 Å². The Morgan fingerprint density at radius 2 is 1.86 bits per heavy atom. The first-order chi connectivity index (χ1) is 16.7. The number of thioether (sulfide) groups is 1. The molecule has 0 atom stereocenters. The summed E-state index contributed by atoms with van der Waals surface area (Å²) in [4.78, 5) is 23.1. The number of likely N-dealkylation sites (N-methyl/N-ethyl adjacent to an activating group) is 1. The smallest absolute Gasteiger partial charge is 0.266 e. The molecule has 1 saturated heterocycles. The number of aliphatic imine (C=N–C) groups is 1.